The summed E-state index contributed by atoms with van der Waals surface area (Å²) in [5.41, 5.74) is 0.292. The minimum atomic E-state index is -4.30. The van der Waals surface area contributed by atoms with Crippen molar-refractivity contribution < 1.29 is 22.9 Å². The lowest BCUT2D eigenvalue weighted by Gasteiger charge is -2.32. The van der Waals surface area contributed by atoms with E-state index < -0.39 is 39.3 Å². The molecule has 3 aromatic carbocycles. The van der Waals surface area contributed by atoms with Gasteiger partial charge in [0.2, 0.25) is 11.8 Å². The Morgan fingerprint density at radius 3 is 2.20 bits per heavy atom. The van der Waals surface area contributed by atoms with E-state index in [1.807, 2.05) is 13.8 Å². The van der Waals surface area contributed by atoms with Gasteiger partial charge < -0.3 is 10.2 Å². The van der Waals surface area contributed by atoms with Crippen molar-refractivity contribution in [2.24, 2.45) is 0 Å². The fourth-order valence-corrected chi connectivity index (χ4v) is 5.77. The molecule has 0 radical (unpaired) electrons. The monoisotopic (exact) mass is 620 g/mol. The molecule has 1 N–H and O–H groups in total. The number of hydrogen-bond acceptors (Lipinski definition) is 6. The van der Waals surface area contributed by atoms with Gasteiger partial charge in [-0.15, -0.1) is 0 Å². The van der Waals surface area contributed by atoms with Crippen LogP contribution in [0.1, 0.15) is 32.8 Å². The standard InChI is InChI=1S/C28H30Cl2N4O6S/c1-4-19(2)31-28(36)20(3)32(17-21-10-11-22(29)16-26(21)30)27(35)18-33(23-12-14-24(15-13-23)34(37)38)41(39,40)25-8-6-5-7-9-25/h5-16,19-20H,4,17-18H2,1-3H3,(H,31,36)/t19-,20-/m0/s1. The number of halogens is 2. The van der Waals surface area contributed by atoms with E-state index in [-0.39, 0.29) is 33.9 Å². The van der Waals surface area contributed by atoms with Gasteiger partial charge in [-0.05, 0) is 62.2 Å². The van der Waals surface area contributed by atoms with Gasteiger partial charge in [0, 0.05) is 34.8 Å². The quantitative estimate of drug-likeness (QED) is 0.212. The highest BCUT2D eigenvalue weighted by Gasteiger charge is 2.33. The third-order valence-corrected chi connectivity index (χ3v) is 8.86. The van der Waals surface area contributed by atoms with Gasteiger partial charge in [0.05, 0.1) is 15.5 Å². The van der Waals surface area contributed by atoms with Gasteiger partial charge in [-0.25, -0.2) is 8.42 Å². The molecule has 41 heavy (non-hydrogen) atoms. The zero-order chi connectivity index (χ0) is 30.3. The topological polar surface area (TPSA) is 130 Å². The smallest absolute Gasteiger partial charge is 0.269 e. The minimum Gasteiger partial charge on any atom is -0.352 e. The van der Waals surface area contributed by atoms with Crippen LogP contribution < -0.4 is 9.62 Å². The molecular weight excluding hydrogens is 591 g/mol. The van der Waals surface area contributed by atoms with Crippen molar-refractivity contribution in [3.63, 3.8) is 0 Å². The zero-order valence-corrected chi connectivity index (χ0v) is 25.0. The predicted molar refractivity (Wildman–Crippen MR) is 158 cm³/mol. The molecule has 0 aliphatic carbocycles. The molecule has 0 unspecified atom stereocenters. The number of nitrogens with one attached hydrogen (secondary N) is 1. The Hall–Kier alpha value is -3.67. The predicted octanol–water partition coefficient (Wildman–Crippen LogP) is 5.43. The second-order valence-electron chi connectivity index (χ2n) is 9.35. The summed E-state index contributed by atoms with van der Waals surface area (Å²) in [5, 5.41) is 14.7. The molecule has 0 fully saturated rings. The van der Waals surface area contributed by atoms with Crippen molar-refractivity contribution in [2.45, 2.75) is 50.7 Å². The second kappa shape index (κ2) is 13.8. The van der Waals surface area contributed by atoms with Crippen molar-refractivity contribution in [3.05, 3.63) is 98.5 Å². The lowest BCUT2D eigenvalue weighted by molar-refractivity contribution is -0.384. The largest absolute Gasteiger partial charge is 0.352 e. The maximum atomic E-state index is 13.9. The molecule has 2 amide bonds. The molecule has 218 valence electrons. The molecule has 0 bridgehead atoms. The lowest BCUT2D eigenvalue weighted by atomic mass is 10.1. The molecule has 10 nitrogen and oxygen atoms in total. The molecule has 0 heterocycles. The summed E-state index contributed by atoms with van der Waals surface area (Å²) < 4.78 is 28.4. The molecule has 13 heteroatoms. The third-order valence-electron chi connectivity index (χ3n) is 6.48. The molecule has 0 saturated heterocycles. The van der Waals surface area contributed by atoms with Gasteiger partial charge in [0.1, 0.15) is 12.6 Å². The fraction of sp³-hybridized carbons (Fsp3) is 0.286. The summed E-state index contributed by atoms with van der Waals surface area (Å²) in [6.45, 7) is 4.48. The van der Waals surface area contributed by atoms with E-state index in [0.717, 1.165) is 16.4 Å². The van der Waals surface area contributed by atoms with E-state index in [2.05, 4.69) is 5.32 Å². The number of nitro benzene ring substituents is 1. The van der Waals surface area contributed by atoms with Crippen molar-refractivity contribution in [1.29, 1.82) is 0 Å². The lowest BCUT2D eigenvalue weighted by Crippen LogP contribution is -2.52. The normalized spacial score (nSPS) is 12.7. The van der Waals surface area contributed by atoms with Crippen LogP contribution in [0.4, 0.5) is 11.4 Å². The molecule has 3 aromatic rings. The number of anilines is 1. The van der Waals surface area contributed by atoms with Crippen LogP contribution in [0.3, 0.4) is 0 Å². The molecule has 0 saturated carbocycles. The Bertz CT molecular complexity index is 1500. The highest BCUT2D eigenvalue weighted by Crippen LogP contribution is 2.27. The Labute approximate surface area is 249 Å². The number of benzene rings is 3. The number of nitro groups is 1. The van der Waals surface area contributed by atoms with Crippen LogP contribution in [-0.2, 0) is 26.2 Å². The van der Waals surface area contributed by atoms with Crippen molar-refractivity contribution in [2.75, 3.05) is 10.8 Å². The van der Waals surface area contributed by atoms with Crippen LogP contribution in [0.5, 0.6) is 0 Å². The van der Waals surface area contributed by atoms with Gasteiger partial charge in [0.25, 0.3) is 15.7 Å². The number of nitrogens with zero attached hydrogens (tertiary/aromatic N) is 3. The molecule has 0 aromatic heterocycles. The Morgan fingerprint density at radius 2 is 1.63 bits per heavy atom. The SMILES string of the molecule is CC[C@H](C)NC(=O)[C@H](C)N(Cc1ccc(Cl)cc1Cl)C(=O)CN(c1ccc([N+](=O)[O-])cc1)S(=O)(=O)c1ccccc1. The summed E-state index contributed by atoms with van der Waals surface area (Å²) in [6, 6.07) is 15.9. The van der Waals surface area contributed by atoms with E-state index in [9.17, 15) is 28.1 Å². The molecule has 3 rings (SSSR count). The number of rotatable bonds is 12. The summed E-state index contributed by atoms with van der Waals surface area (Å²) in [4.78, 5) is 38.8. The molecule has 0 aliphatic heterocycles. The highest BCUT2D eigenvalue weighted by molar-refractivity contribution is 7.92. The van der Waals surface area contributed by atoms with Gasteiger partial charge in [-0.3, -0.25) is 24.0 Å². The van der Waals surface area contributed by atoms with Gasteiger partial charge in [-0.1, -0.05) is 54.4 Å². The average molecular weight is 622 g/mol. The first-order valence-corrected chi connectivity index (χ1v) is 14.9. The van der Waals surface area contributed by atoms with Crippen LogP contribution >= 0.6 is 23.2 Å². The number of amides is 2. The second-order valence-corrected chi connectivity index (χ2v) is 12.1. The summed E-state index contributed by atoms with van der Waals surface area (Å²) in [7, 11) is -4.30. The Balaban J connectivity index is 2.05. The minimum absolute atomic E-state index is 0.0361. The van der Waals surface area contributed by atoms with Crippen LogP contribution in [0.2, 0.25) is 10.0 Å². The van der Waals surface area contributed by atoms with Crippen LogP contribution in [0.25, 0.3) is 0 Å². The first-order chi connectivity index (χ1) is 19.3. The molecule has 0 spiro atoms. The van der Waals surface area contributed by atoms with Crippen molar-refractivity contribution >= 4 is 56.4 Å². The van der Waals surface area contributed by atoms with E-state index in [1.165, 1.54) is 35.2 Å². The Kier molecular flexibility index (Phi) is 10.7. The van der Waals surface area contributed by atoms with Gasteiger partial charge >= 0.3 is 0 Å². The van der Waals surface area contributed by atoms with Gasteiger partial charge in [-0.2, -0.15) is 0 Å². The van der Waals surface area contributed by atoms with Crippen molar-refractivity contribution in [1.82, 2.24) is 10.2 Å². The zero-order valence-electron chi connectivity index (χ0n) is 22.7. The Morgan fingerprint density at radius 1 is 1.00 bits per heavy atom. The van der Waals surface area contributed by atoms with Crippen LogP contribution in [-0.4, -0.2) is 48.7 Å². The first-order valence-electron chi connectivity index (χ1n) is 12.7. The number of sulfonamides is 1. The summed E-state index contributed by atoms with van der Waals surface area (Å²) in [6.07, 6.45) is 0.665. The number of carbonyl (C=O) groups is 2. The summed E-state index contributed by atoms with van der Waals surface area (Å²) >= 11 is 12.4. The van der Waals surface area contributed by atoms with Crippen LogP contribution in [0.15, 0.2) is 77.7 Å². The average Bonchev–Trinajstić information content (AvgIpc) is 2.95. The maximum absolute atomic E-state index is 13.9. The fourth-order valence-electron chi connectivity index (χ4n) is 3.87. The summed E-state index contributed by atoms with van der Waals surface area (Å²) in [5.74, 6) is -1.12. The number of non-ortho nitro benzene ring substituents is 1. The first kappa shape index (κ1) is 31.9. The van der Waals surface area contributed by atoms with Crippen LogP contribution in [0, 0.1) is 10.1 Å². The molecule has 0 aliphatic rings. The molecular formula is C28H30Cl2N4O6S. The number of hydrogen-bond donors (Lipinski definition) is 1. The van der Waals surface area contributed by atoms with E-state index in [0.29, 0.717) is 17.0 Å². The number of carbonyl (C=O) groups excluding carboxylic acids is 2. The third kappa shape index (κ3) is 7.96. The molecule has 2 atom stereocenters. The highest BCUT2D eigenvalue weighted by atomic mass is 35.5. The van der Waals surface area contributed by atoms with Gasteiger partial charge in [0.15, 0.2) is 0 Å². The van der Waals surface area contributed by atoms with E-state index >= 15 is 0 Å². The van der Waals surface area contributed by atoms with E-state index in [4.69, 9.17) is 23.2 Å². The van der Waals surface area contributed by atoms with Crippen molar-refractivity contribution in [3.8, 4) is 0 Å². The maximum Gasteiger partial charge on any atom is 0.269 e. The van der Waals surface area contributed by atoms with E-state index in [1.54, 1.807) is 37.3 Å².